The molecule has 1 aromatic heterocycles. The molecule has 0 radical (unpaired) electrons. The van der Waals surface area contributed by atoms with Crippen LogP contribution in [0.2, 0.25) is 0 Å². The molecule has 138 valence electrons. The maximum Gasteiger partial charge on any atom is 0.321 e. The first-order valence-corrected chi connectivity index (χ1v) is 9.20. The minimum atomic E-state index is -0.0944. The van der Waals surface area contributed by atoms with Gasteiger partial charge in [-0.05, 0) is 49.6 Å². The molecule has 0 saturated carbocycles. The zero-order chi connectivity index (χ0) is 18.8. The summed E-state index contributed by atoms with van der Waals surface area (Å²) < 4.78 is 1.72. The Kier molecular flexibility index (Phi) is 4.62. The fourth-order valence-electron chi connectivity index (χ4n) is 3.62. The standard InChI is InChI=1S/C21H22N4O2/c1-15-5-4-6-16(13-15)23-21(27)24-11-9-17(10-12-24)25-14-22-19-8-3-2-7-18(19)20(25)26/h2-8,13-14,17H,9-12H2,1H3,(H,23,27). The number of piperidine rings is 1. The number of nitrogens with zero attached hydrogens (tertiary/aromatic N) is 3. The lowest BCUT2D eigenvalue weighted by Gasteiger charge is -2.32. The Hall–Kier alpha value is -3.15. The summed E-state index contributed by atoms with van der Waals surface area (Å²) in [5.41, 5.74) is 2.61. The van der Waals surface area contributed by atoms with Gasteiger partial charge >= 0.3 is 6.03 Å². The van der Waals surface area contributed by atoms with Gasteiger partial charge in [-0.3, -0.25) is 9.36 Å². The average molecular weight is 362 g/mol. The van der Waals surface area contributed by atoms with E-state index in [9.17, 15) is 9.59 Å². The van der Waals surface area contributed by atoms with Crippen LogP contribution < -0.4 is 10.9 Å². The number of carbonyl (C=O) groups excluding carboxylic acids is 1. The molecule has 1 fully saturated rings. The van der Waals surface area contributed by atoms with Gasteiger partial charge in [0.2, 0.25) is 0 Å². The second kappa shape index (κ2) is 7.23. The van der Waals surface area contributed by atoms with E-state index >= 15 is 0 Å². The number of anilines is 1. The summed E-state index contributed by atoms with van der Waals surface area (Å²) >= 11 is 0. The average Bonchev–Trinajstić information content (AvgIpc) is 2.69. The van der Waals surface area contributed by atoms with Crippen LogP contribution in [-0.4, -0.2) is 33.6 Å². The maximum absolute atomic E-state index is 12.7. The smallest absolute Gasteiger partial charge is 0.321 e. The van der Waals surface area contributed by atoms with Crippen LogP contribution >= 0.6 is 0 Å². The van der Waals surface area contributed by atoms with Crippen molar-refractivity contribution < 1.29 is 4.79 Å². The molecular weight excluding hydrogens is 340 g/mol. The largest absolute Gasteiger partial charge is 0.324 e. The van der Waals surface area contributed by atoms with Crippen molar-refractivity contribution in [2.45, 2.75) is 25.8 Å². The first-order valence-electron chi connectivity index (χ1n) is 9.20. The van der Waals surface area contributed by atoms with Gasteiger partial charge in [-0.25, -0.2) is 9.78 Å². The van der Waals surface area contributed by atoms with Crippen LogP contribution in [-0.2, 0) is 0 Å². The predicted molar refractivity (Wildman–Crippen MR) is 106 cm³/mol. The number of fused-ring (bicyclic) bond motifs is 1. The Morgan fingerprint density at radius 3 is 2.67 bits per heavy atom. The van der Waals surface area contributed by atoms with Crippen LogP contribution in [0.4, 0.5) is 10.5 Å². The Morgan fingerprint density at radius 1 is 1.11 bits per heavy atom. The minimum absolute atomic E-state index is 0.0109. The third-order valence-electron chi connectivity index (χ3n) is 5.10. The van der Waals surface area contributed by atoms with E-state index in [1.165, 1.54) is 0 Å². The maximum atomic E-state index is 12.7. The quantitative estimate of drug-likeness (QED) is 0.758. The zero-order valence-electron chi connectivity index (χ0n) is 15.3. The van der Waals surface area contributed by atoms with Gasteiger partial charge in [0, 0.05) is 24.8 Å². The Balaban J connectivity index is 1.44. The molecule has 0 bridgehead atoms. The SMILES string of the molecule is Cc1cccc(NC(=O)N2CCC(n3cnc4ccccc4c3=O)CC2)c1. The van der Waals surface area contributed by atoms with Gasteiger partial charge in [0.25, 0.3) is 5.56 Å². The summed E-state index contributed by atoms with van der Waals surface area (Å²) in [6.45, 7) is 3.22. The Morgan fingerprint density at radius 2 is 1.89 bits per heavy atom. The molecule has 1 N–H and O–H groups in total. The minimum Gasteiger partial charge on any atom is -0.324 e. The van der Waals surface area contributed by atoms with Crippen LogP contribution in [0.3, 0.4) is 0 Å². The fraction of sp³-hybridized carbons (Fsp3) is 0.286. The number of carbonyl (C=O) groups is 1. The number of likely N-dealkylation sites (tertiary alicyclic amines) is 1. The van der Waals surface area contributed by atoms with E-state index in [1.54, 1.807) is 15.8 Å². The summed E-state index contributed by atoms with van der Waals surface area (Å²) in [6, 6.07) is 15.1. The highest BCUT2D eigenvalue weighted by Gasteiger charge is 2.25. The van der Waals surface area contributed by atoms with E-state index in [0.717, 1.165) is 24.1 Å². The number of para-hydroxylation sites is 1. The number of amides is 2. The summed E-state index contributed by atoms with van der Waals surface area (Å²) in [6.07, 6.45) is 3.11. The van der Waals surface area contributed by atoms with Gasteiger partial charge in [0.15, 0.2) is 0 Å². The number of urea groups is 1. The van der Waals surface area contributed by atoms with Crippen molar-refractivity contribution in [2.24, 2.45) is 0 Å². The van der Waals surface area contributed by atoms with Crippen LogP contribution in [0.1, 0.15) is 24.4 Å². The molecule has 4 rings (SSSR count). The number of nitrogens with one attached hydrogen (secondary N) is 1. The molecule has 3 aromatic rings. The van der Waals surface area contributed by atoms with Crippen molar-refractivity contribution in [3.63, 3.8) is 0 Å². The van der Waals surface area contributed by atoms with Crippen molar-refractivity contribution in [2.75, 3.05) is 18.4 Å². The highest BCUT2D eigenvalue weighted by atomic mass is 16.2. The van der Waals surface area contributed by atoms with Gasteiger partial charge in [-0.1, -0.05) is 24.3 Å². The third-order valence-corrected chi connectivity index (χ3v) is 5.10. The summed E-state index contributed by atoms with van der Waals surface area (Å²) in [5, 5.41) is 3.59. The third kappa shape index (κ3) is 3.56. The lowest BCUT2D eigenvalue weighted by atomic mass is 10.0. The molecule has 27 heavy (non-hydrogen) atoms. The Labute approximate surface area is 157 Å². The summed E-state index contributed by atoms with van der Waals surface area (Å²) in [4.78, 5) is 31.5. The molecule has 2 aromatic carbocycles. The van der Waals surface area contributed by atoms with E-state index in [1.807, 2.05) is 55.5 Å². The van der Waals surface area contributed by atoms with Gasteiger partial charge in [-0.15, -0.1) is 0 Å². The van der Waals surface area contributed by atoms with Crippen molar-refractivity contribution in [3.8, 4) is 0 Å². The van der Waals surface area contributed by atoms with E-state index in [4.69, 9.17) is 0 Å². The van der Waals surface area contributed by atoms with Crippen LogP contribution in [0.15, 0.2) is 59.7 Å². The molecule has 0 unspecified atom stereocenters. The molecular formula is C21H22N4O2. The molecule has 0 spiro atoms. The Bertz CT molecular complexity index is 1040. The summed E-state index contributed by atoms with van der Waals surface area (Å²) in [7, 11) is 0. The second-order valence-electron chi connectivity index (χ2n) is 6.99. The van der Waals surface area contributed by atoms with E-state index in [-0.39, 0.29) is 17.6 Å². The van der Waals surface area contributed by atoms with E-state index in [2.05, 4.69) is 10.3 Å². The highest BCUT2D eigenvalue weighted by molar-refractivity contribution is 5.89. The number of benzene rings is 2. The molecule has 0 aliphatic carbocycles. The number of aromatic nitrogens is 2. The second-order valence-corrected chi connectivity index (χ2v) is 6.99. The van der Waals surface area contributed by atoms with E-state index in [0.29, 0.717) is 24.0 Å². The number of hydrogen-bond acceptors (Lipinski definition) is 3. The van der Waals surface area contributed by atoms with Crippen molar-refractivity contribution in [3.05, 3.63) is 70.8 Å². The molecule has 2 amide bonds. The highest BCUT2D eigenvalue weighted by Crippen LogP contribution is 2.22. The molecule has 6 nitrogen and oxygen atoms in total. The van der Waals surface area contributed by atoms with Crippen molar-refractivity contribution >= 4 is 22.6 Å². The zero-order valence-corrected chi connectivity index (χ0v) is 15.3. The van der Waals surface area contributed by atoms with Gasteiger partial charge < -0.3 is 10.2 Å². The van der Waals surface area contributed by atoms with Crippen molar-refractivity contribution in [1.29, 1.82) is 0 Å². The molecule has 1 aliphatic heterocycles. The number of hydrogen-bond donors (Lipinski definition) is 1. The molecule has 2 heterocycles. The predicted octanol–water partition coefficient (Wildman–Crippen LogP) is 3.57. The number of aryl methyl sites for hydroxylation is 1. The van der Waals surface area contributed by atoms with Crippen LogP contribution in [0.5, 0.6) is 0 Å². The van der Waals surface area contributed by atoms with Gasteiger partial charge in [-0.2, -0.15) is 0 Å². The van der Waals surface area contributed by atoms with Gasteiger partial charge in [0.1, 0.15) is 0 Å². The first-order chi connectivity index (χ1) is 13.1. The fourth-order valence-corrected chi connectivity index (χ4v) is 3.62. The number of rotatable bonds is 2. The monoisotopic (exact) mass is 362 g/mol. The lowest BCUT2D eigenvalue weighted by Crippen LogP contribution is -2.42. The lowest BCUT2D eigenvalue weighted by molar-refractivity contribution is 0.182. The van der Waals surface area contributed by atoms with Crippen LogP contribution in [0.25, 0.3) is 10.9 Å². The van der Waals surface area contributed by atoms with Crippen LogP contribution in [0, 0.1) is 6.92 Å². The van der Waals surface area contributed by atoms with E-state index < -0.39 is 0 Å². The molecule has 0 atom stereocenters. The normalized spacial score (nSPS) is 15.1. The van der Waals surface area contributed by atoms with Gasteiger partial charge in [0.05, 0.1) is 17.2 Å². The molecule has 1 saturated heterocycles. The molecule has 6 heteroatoms. The first kappa shape index (κ1) is 17.3. The topological polar surface area (TPSA) is 67.2 Å². The van der Waals surface area contributed by atoms with Crippen molar-refractivity contribution in [1.82, 2.24) is 14.5 Å². The molecule has 1 aliphatic rings. The summed E-state index contributed by atoms with van der Waals surface area (Å²) in [5.74, 6) is 0.